The smallest absolute Gasteiger partial charge is 0.175 e. The standard InChI is InChI=1S/C12H15BrFNO2/c1-16-8-6-7(14)9(10(13)11(8)17-2)12(15)4-3-5-12/h6H,3-5,15H2,1-2H3. The molecule has 5 heteroatoms. The Kier molecular flexibility index (Phi) is 3.32. The summed E-state index contributed by atoms with van der Waals surface area (Å²) < 4.78 is 25.0. The molecule has 2 rings (SSSR count). The van der Waals surface area contributed by atoms with Gasteiger partial charge in [-0.2, -0.15) is 0 Å². The fourth-order valence-corrected chi connectivity index (χ4v) is 3.13. The lowest BCUT2D eigenvalue weighted by Crippen LogP contribution is -2.44. The average Bonchev–Trinajstić information content (AvgIpc) is 2.25. The van der Waals surface area contributed by atoms with Crippen LogP contribution in [0.5, 0.6) is 11.5 Å². The van der Waals surface area contributed by atoms with Crippen molar-refractivity contribution in [2.24, 2.45) is 5.73 Å². The molecule has 0 heterocycles. The maximum Gasteiger partial charge on any atom is 0.175 e. The van der Waals surface area contributed by atoms with Gasteiger partial charge in [0, 0.05) is 17.2 Å². The van der Waals surface area contributed by atoms with Crippen LogP contribution in [0, 0.1) is 5.82 Å². The Morgan fingerprint density at radius 2 is 2.00 bits per heavy atom. The predicted octanol–water partition coefficient (Wildman–Crippen LogP) is 2.94. The van der Waals surface area contributed by atoms with Gasteiger partial charge in [-0.3, -0.25) is 0 Å². The molecule has 0 aromatic heterocycles. The number of halogens is 2. The van der Waals surface area contributed by atoms with Crippen molar-refractivity contribution in [1.82, 2.24) is 0 Å². The molecule has 0 radical (unpaired) electrons. The minimum atomic E-state index is -0.581. The first kappa shape index (κ1) is 12.6. The maximum atomic E-state index is 14.1. The average molecular weight is 304 g/mol. The summed E-state index contributed by atoms with van der Waals surface area (Å²) in [6.45, 7) is 0. The third kappa shape index (κ3) is 1.91. The van der Waals surface area contributed by atoms with Crippen molar-refractivity contribution in [2.75, 3.05) is 14.2 Å². The molecule has 1 aromatic carbocycles. The van der Waals surface area contributed by atoms with E-state index >= 15 is 0 Å². The summed E-state index contributed by atoms with van der Waals surface area (Å²) in [4.78, 5) is 0. The first-order chi connectivity index (χ1) is 8.03. The molecule has 1 aliphatic rings. The van der Waals surface area contributed by atoms with Crippen LogP contribution in [-0.4, -0.2) is 14.2 Å². The van der Waals surface area contributed by atoms with Gasteiger partial charge in [-0.15, -0.1) is 0 Å². The normalized spacial score (nSPS) is 17.5. The second-order valence-electron chi connectivity index (χ2n) is 4.29. The van der Waals surface area contributed by atoms with Crippen LogP contribution < -0.4 is 15.2 Å². The van der Waals surface area contributed by atoms with Crippen molar-refractivity contribution < 1.29 is 13.9 Å². The van der Waals surface area contributed by atoms with Crippen molar-refractivity contribution in [3.63, 3.8) is 0 Å². The van der Waals surface area contributed by atoms with Gasteiger partial charge in [0.05, 0.1) is 18.7 Å². The van der Waals surface area contributed by atoms with Crippen LogP contribution in [0.4, 0.5) is 4.39 Å². The SMILES string of the molecule is COc1cc(F)c(C2(N)CCC2)c(Br)c1OC. The van der Waals surface area contributed by atoms with E-state index in [4.69, 9.17) is 15.2 Å². The van der Waals surface area contributed by atoms with Crippen LogP contribution in [0.2, 0.25) is 0 Å². The second kappa shape index (κ2) is 4.46. The summed E-state index contributed by atoms with van der Waals surface area (Å²) in [6.07, 6.45) is 2.60. The highest BCUT2D eigenvalue weighted by Gasteiger charge is 2.39. The topological polar surface area (TPSA) is 44.5 Å². The fourth-order valence-electron chi connectivity index (χ4n) is 2.19. The van der Waals surface area contributed by atoms with E-state index in [9.17, 15) is 4.39 Å². The summed E-state index contributed by atoms with van der Waals surface area (Å²) >= 11 is 3.37. The monoisotopic (exact) mass is 303 g/mol. The number of hydrogen-bond donors (Lipinski definition) is 1. The zero-order chi connectivity index (χ0) is 12.6. The Hall–Kier alpha value is -0.810. The zero-order valence-corrected chi connectivity index (χ0v) is 11.4. The molecule has 17 heavy (non-hydrogen) atoms. The Labute approximate surface area is 108 Å². The molecule has 1 aliphatic carbocycles. The predicted molar refractivity (Wildman–Crippen MR) is 66.9 cm³/mol. The number of ether oxygens (including phenoxy) is 2. The highest BCUT2D eigenvalue weighted by Crippen LogP contribution is 2.48. The Morgan fingerprint density at radius 3 is 2.41 bits per heavy atom. The van der Waals surface area contributed by atoms with Crippen LogP contribution in [0.15, 0.2) is 10.5 Å². The molecule has 2 N–H and O–H groups in total. The molecular weight excluding hydrogens is 289 g/mol. The van der Waals surface area contributed by atoms with Crippen LogP contribution >= 0.6 is 15.9 Å². The highest BCUT2D eigenvalue weighted by molar-refractivity contribution is 9.10. The van der Waals surface area contributed by atoms with Gasteiger partial charge in [-0.25, -0.2) is 4.39 Å². The number of nitrogens with two attached hydrogens (primary N) is 1. The molecule has 0 unspecified atom stereocenters. The van der Waals surface area contributed by atoms with Gasteiger partial charge < -0.3 is 15.2 Å². The van der Waals surface area contributed by atoms with Gasteiger partial charge in [0.2, 0.25) is 0 Å². The largest absolute Gasteiger partial charge is 0.493 e. The molecule has 0 atom stereocenters. The summed E-state index contributed by atoms with van der Waals surface area (Å²) in [5.41, 5.74) is 6.08. The number of rotatable bonds is 3. The maximum absolute atomic E-state index is 14.1. The molecule has 0 saturated heterocycles. The van der Waals surface area contributed by atoms with E-state index in [1.54, 1.807) is 0 Å². The summed E-state index contributed by atoms with van der Waals surface area (Å²) in [5, 5.41) is 0. The molecule has 1 aromatic rings. The van der Waals surface area contributed by atoms with E-state index in [1.165, 1.54) is 20.3 Å². The lowest BCUT2D eigenvalue weighted by molar-refractivity contribution is 0.241. The lowest BCUT2D eigenvalue weighted by atomic mass is 9.72. The summed E-state index contributed by atoms with van der Waals surface area (Å²) in [6, 6.07) is 1.33. The van der Waals surface area contributed by atoms with Gasteiger partial charge in [0.15, 0.2) is 11.5 Å². The van der Waals surface area contributed by atoms with Gasteiger partial charge in [0.1, 0.15) is 5.82 Å². The third-order valence-electron chi connectivity index (χ3n) is 3.31. The number of hydrogen-bond acceptors (Lipinski definition) is 3. The summed E-state index contributed by atoms with van der Waals surface area (Å²) in [7, 11) is 3.00. The fraction of sp³-hybridized carbons (Fsp3) is 0.500. The summed E-state index contributed by atoms with van der Waals surface area (Å²) in [5.74, 6) is 0.501. The minimum Gasteiger partial charge on any atom is -0.493 e. The molecule has 0 amide bonds. The Morgan fingerprint density at radius 1 is 1.35 bits per heavy atom. The van der Waals surface area contributed by atoms with E-state index in [1.807, 2.05) is 0 Å². The van der Waals surface area contributed by atoms with Gasteiger partial charge in [-0.05, 0) is 35.2 Å². The quantitative estimate of drug-likeness (QED) is 0.934. The first-order valence-corrected chi connectivity index (χ1v) is 6.22. The first-order valence-electron chi connectivity index (χ1n) is 5.43. The van der Waals surface area contributed by atoms with Gasteiger partial charge in [0.25, 0.3) is 0 Å². The van der Waals surface area contributed by atoms with E-state index < -0.39 is 5.54 Å². The molecule has 3 nitrogen and oxygen atoms in total. The number of methoxy groups -OCH3 is 2. The van der Waals surface area contributed by atoms with Crippen LogP contribution in [0.1, 0.15) is 24.8 Å². The molecular formula is C12H15BrFNO2. The Bertz CT molecular complexity index is 447. The lowest BCUT2D eigenvalue weighted by Gasteiger charge is -2.39. The van der Waals surface area contributed by atoms with Crippen LogP contribution in [0.25, 0.3) is 0 Å². The van der Waals surface area contributed by atoms with Crippen molar-refractivity contribution in [3.8, 4) is 11.5 Å². The van der Waals surface area contributed by atoms with Crippen LogP contribution in [-0.2, 0) is 5.54 Å². The second-order valence-corrected chi connectivity index (χ2v) is 5.09. The van der Waals surface area contributed by atoms with Crippen LogP contribution in [0.3, 0.4) is 0 Å². The van der Waals surface area contributed by atoms with Gasteiger partial charge in [-0.1, -0.05) is 0 Å². The van der Waals surface area contributed by atoms with E-state index in [0.29, 0.717) is 21.5 Å². The molecule has 1 fully saturated rings. The van der Waals surface area contributed by atoms with Crippen molar-refractivity contribution in [2.45, 2.75) is 24.8 Å². The molecule has 94 valence electrons. The minimum absolute atomic E-state index is 0.350. The van der Waals surface area contributed by atoms with E-state index in [2.05, 4.69) is 15.9 Å². The molecule has 0 spiro atoms. The highest BCUT2D eigenvalue weighted by atomic mass is 79.9. The zero-order valence-electron chi connectivity index (χ0n) is 9.85. The van der Waals surface area contributed by atoms with Crippen molar-refractivity contribution in [1.29, 1.82) is 0 Å². The van der Waals surface area contributed by atoms with Crippen molar-refractivity contribution >= 4 is 15.9 Å². The van der Waals surface area contributed by atoms with Gasteiger partial charge >= 0.3 is 0 Å². The van der Waals surface area contributed by atoms with E-state index in [0.717, 1.165) is 19.3 Å². The molecule has 0 bridgehead atoms. The molecule has 1 saturated carbocycles. The molecule has 0 aliphatic heterocycles. The van der Waals surface area contributed by atoms with E-state index in [-0.39, 0.29) is 5.82 Å². The number of benzene rings is 1. The Balaban J connectivity index is 2.60. The van der Waals surface area contributed by atoms with Crippen molar-refractivity contribution in [3.05, 3.63) is 21.9 Å². The third-order valence-corrected chi connectivity index (χ3v) is 4.06.